The van der Waals surface area contributed by atoms with Crippen LogP contribution in [0.2, 0.25) is 0 Å². The summed E-state index contributed by atoms with van der Waals surface area (Å²) in [4.78, 5) is 11.3. The van der Waals surface area contributed by atoms with Crippen molar-refractivity contribution in [2.75, 3.05) is 13.7 Å². The number of rotatable bonds is 4. The van der Waals surface area contributed by atoms with E-state index in [1.54, 1.807) is 0 Å². The Hall–Kier alpha value is -1.96. The molecule has 1 saturated heterocycles. The van der Waals surface area contributed by atoms with Gasteiger partial charge >= 0.3 is 12.3 Å². The van der Waals surface area contributed by atoms with E-state index in [0.29, 0.717) is 18.7 Å². The zero-order valence-electron chi connectivity index (χ0n) is 11.1. The Bertz CT molecular complexity index is 489. The van der Waals surface area contributed by atoms with Gasteiger partial charge in [0.1, 0.15) is 23.6 Å². The highest BCUT2D eigenvalue weighted by Crippen LogP contribution is 2.25. The van der Waals surface area contributed by atoms with Crippen molar-refractivity contribution in [3.63, 3.8) is 0 Å². The highest BCUT2D eigenvalue weighted by atomic mass is 19.4. The molecular formula is C13H14F3NO4. The molecule has 1 aliphatic rings. The minimum atomic E-state index is -4.72. The molecule has 2 rings (SSSR count). The SMILES string of the molecule is COC(=O)[C@@H]1C[C@H](Oc2ccc(OC(F)(F)F)cc2)CN1. The van der Waals surface area contributed by atoms with Crippen molar-refractivity contribution in [3.05, 3.63) is 24.3 Å². The van der Waals surface area contributed by atoms with E-state index in [1.165, 1.54) is 31.4 Å². The summed E-state index contributed by atoms with van der Waals surface area (Å²) >= 11 is 0. The molecule has 2 atom stereocenters. The first-order valence-electron chi connectivity index (χ1n) is 6.21. The van der Waals surface area contributed by atoms with E-state index in [1.807, 2.05) is 0 Å². The summed E-state index contributed by atoms with van der Waals surface area (Å²) in [5.41, 5.74) is 0. The van der Waals surface area contributed by atoms with Crippen LogP contribution in [0.5, 0.6) is 11.5 Å². The van der Waals surface area contributed by atoms with Crippen LogP contribution in [0, 0.1) is 0 Å². The molecule has 0 saturated carbocycles. The van der Waals surface area contributed by atoms with Crippen molar-refractivity contribution in [2.45, 2.75) is 24.9 Å². The minimum Gasteiger partial charge on any atom is -0.489 e. The van der Waals surface area contributed by atoms with E-state index in [2.05, 4.69) is 14.8 Å². The average molecular weight is 305 g/mol. The van der Waals surface area contributed by atoms with Crippen LogP contribution >= 0.6 is 0 Å². The number of carbonyl (C=O) groups is 1. The van der Waals surface area contributed by atoms with Crippen LogP contribution in [-0.2, 0) is 9.53 Å². The predicted molar refractivity (Wildman–Crippen MR) is 66.0 cm³/mol. The lowest BCUT2D eigenvalue weighted by Crippen LogP contribution is -2.31. The molecule has 8 heteroatoms. The Kier molecular flexibility index (Phi) is 4.56. The lowest BCUT2D eigenvalue weighted by Gasteiger charge is -2.14. The van der Waals surface area contributed by atoms with E-state index in [-0.39, 0.29) is 17.8 Å². The van der Waals surface area contributed by atoms with Crippen molar-refractivity contribution in [3.8, 4) is 11.5 Å². The molecule has 1 heterocycles. The van der Waals surface area contributed by atoms with Crippen LogP contribution in [-0.4, -0.2) is 38.1 Å². The van der Waals surface area contributed by atoms with Gasteiger partial charge in [0.05, 0.1) is 7.11 Å². The maximum atomic E-state index is 12.0. The number of benzene rings is 1. The Morgan fingerprint density at radius 3 is 2.43 bits per heavy atom. The van der Waals surface area contributed by atoms with E-state index in [9.17, 15) is 18.0 Å². The number of ether oxygens (including phenoxy) is 3. The summed E-state index contributed by atoms with van der Waals surface area (Å²) in [7, 11) is 1.30. The Morgan fingerprint density at radius 2 is 1.86 bits per heavy atom. The molecule has 0 spiro atoms. The van der Waals surface area contributed by atoms with E-state index >= 15 is 0 Å². The second kappa shape index (κ2) is 6.21. The number of hydrogen-bond donors (Lipinski definition) is 1. The van der Waals surface area contributed by atoms with E-state index in [4.69, 9.17) is 4.74 Å². The molecule has 0 aliphatic carbocycles. The van der Waals surface area contributed by atoms with Gasteiger partial charge in [-0.1, -0.05) is 0 Å². The standard InChI is InChI=1S/C13H14F3NO4/c1-19-12(18)11-6-10(7-17-11)20-8-2-4-9(5-3-8)21-13(14,15)16/h2-5,10-11,17H,6-7H2,1H3/t10-,11-/m0/s1. The number of esters is 1. The molecule has 1 fully saturated rings. The van der Waals surface area contributed by atoms with Crippen LogP contribution in [0.3, 0.4) is 0 Å². The predicted octanol–water partition coefficient (Wildman–Crippen LogP) is 1.87. The summed E-state index contributed by atoms with van der Waals surface area (Å²) in [5, 5.41) is 2.95. The fourth-order valence-corrected chi connectivity index (χ4v) is 2.03. The molecule has 116 valence electrons. The topological polar surface area (TPSA) is 56.8 Å². The van der Waals surface area contributed by atoms with Gasteiger partial charge in [-0.25, -0.2) is 0 Å². The van der Waals surface area contributed by atoms with Crippen molar-refractivity contribution in [1.29, 1.82) is 0 Å². The first-order chi connectivity index (χ1) is 9.87. The molecule has 1 aromatic carbocycles. The highest BCUT2D eigenvalue weighted by Gasteiger charge is 2.32. The minimum absolute atomic E-state index is 0.247. The fraction of sp³-hybridized carbons (Fsp3) is 0.462. The number of alkyl halides is 3. The van der Waals surface area contributed by atoms with Crippen molar-refractivity contribution in [2.24, 2.45) is 0 Å². The number of hydrogen-bond acceptors (Lipinski definition) is 5. The molecule has 0 radical (unpaired) electrons. The number of methoxy groups -OCH3 is 1. The molecule has 1 aliphatic heterocycles. The lowest BCUT2D eigenvalue weighted by molar-refractivity contribution is -0.274. The zero-order chi connectivity index (χ0) is 15.5. The van der Waals surface area contributed by atoms with Gasteiger partial charge in [0, 0.05) is 13.0 Å². The quantitative estimate of drug-likeness (QED) is 0.861. The van der Waals surface area contributed by atoms with Crippen LogP contribution in [0.15, 0.2) is 24.3 Å². The van der Waals surface area contributed by atoms with E-state index in [0.717, 1.165) is 0 Å². The fourth-order valence-electron chi connectivity index (χ4n) is 2.03. The van der Waals surface area contributed by atoms with Gasteiger partial charge in [0.15, 0.2) is 0 Å². The van der Waals surface area contributed by atoms with Gasteiger partial charge in [0.25, 0.3) is 0 Å². The second-order valence-electron chi connectivity index (χ2n) is 4.48. The molecule has 5 nitrogen and oxygen atoms in total. The third-order valence-electron chi connectivity index (χ3n) is 2.94. The third-order valence-corrected chi connectivity index (χ3v) is 2.94. The van der Waals surface area contributed by atoms with Gasteiger partial charge < -0.3 is 19.5 Å². The first-order valence-corrected chi connectivity index (χ1v) is 6.21. The van der Waals surface area contributed by atoms with Crippen molar-refractivity contribution in [1.82, 2.24) is 5.32 Å². The third kappa shape index (κ3) is 4.52. The van der Waals surface area contributed by atoms with Crippen LogP contribution in [0.4, 0.5) is 13.2 Å². The Morgan fingerprint density at radius 1 is 1.24 bits per heavy atom. The van der Waals surface area contributed by atoms with Gasteiger partial charge in [-0.05, 0) is 24.3 Å². The molecule has 0 bridgehead atoms. The number of nitrogens with one attached hydrogen (secondary N) is 1. The highest BCUT2D eigenvalue weighted by molar-refractivity contribution is 5.76. The maximum absolute atomic E-state index is 12.0. The van der Waals surface area contributed by atoms with E-state index < -0.39 is 12.4 Å². The molecule has 0 aromatic heterocycles. The monoisotopic (exact) mass is 305 g/mol. The Balaban J connectivity index is 1.88. The summed E-state index contributed by atoms with van der Waals surface area (Å²) in [5.74, 6) is -0.274. The average Bonchev–Trinajstić information content (AvgIpc) is 2.87. The summed E-state index contributed by atoms with van der Waals surface area (Å²) in [6.45, 7) is 0.459. The lowest BCUT2D eigenvalue weighted by atomic mass is 10.2. The van der Waals surface area contributed by atoms with Crippen LogP contribution in [0.1, 0.15) is 6.42 Å². The van der Waals surface area contributed by atoms with Crippen LogP contribution in [0.25, 0.3) is 0 Å². The van der Waals surface area contributed by atoms with Gasteiger partial charge in [-0.2, -0.15) is 0 Å². The molecule has 1 aromatic rings. The van der Waals surface area contributed by atoms with Crippen molar-refractivity contribution < 1.29 is 32.2 Å². The summed E-state index contributed by atoms with van der Waals surface area (Å²) in [6.07, 6.45) is -4.53. The maximum Gasteiger partial charge on any atom is 0.573 e. The largest absolute Gasteiger partial charge is 0.573 e. The van der Waals surface area contributed by atoms with Crippen LogP contribution < -0.4 is 14.8 Å². The molecule has 1 N–H and O–H groups in total. The summed E-state index contributed by atoms with van der Waals surface area (Å²) < 4.78 is 50.0. The van der Waals surface area contributed by atoms with Crippen molar-refractivity contribution >= 4 is 5.97 Å². The number of carbonyl (C=O) groups excluding carboxylic acids is 1. The summed E-state index contributed by atoms with van der Waals surface area (Å²) in [6, 6.07) is 4.68. The second-order valence-corrected chi connectivity index (χ2v) is 4.48. The van der Waals surface area contributed by atoms with Gasteiger partial charge in [-0.15, -0.1) is 13.2 Å². The molecule has 21 heavy (non-hydrogen) atoms. The molecular weight excluding hydrogens is 291 g/mol. The molecule has 0 amide bonds. The zero-order valence-corrected chi connectivity index (χ0v) is 11.1. The van der Waals surface area contributed by atoms with Gasteiger partial charge in [0.2, 0.25) is 0 Å². The van der Waals surface area contributed by atoms with Gasteiger partial charge in [-0.3, -0.25) is 4.79 Å². The normalized spacial score (nSPS) is 21.9. The Labute approximate surface area is 119 Å². The smallest absolute Gasteiger partial charge is 0.489 e. The number of halogens is 3. The first kappa shape index (κ1) is 15.4. The molecule has 0 unspecified atom stereocenters.